The second-order valence-corrected chi connectivity index (χ2v) is 4.38. The summed E-state index contributed by atoms with van der Waals surface area (Å²) in [6.45, 7) is 0. The van der Waals surface area contributed by atoms with Crippen molar-refractivity contribution in [3.8, 4) is 5.88 Å². The number of halogens is 3. The second-order valence-electron chi connectivity index (χ2n) is 1.75. The molecule has 0 atom stereocenters. The van der Waals surface area contributed by atoms with Crippen LogP contribution in [-0.4, -0.2) is 12.1 Å². The molecular weight excluding hydrogens is 391 g/mol. The number of hydrogen-bond acceptors (Lipinski definition) is 2. The molecule has 0 aliphatic carbocycles. The van der Waals surface area contributed by atoms with Crippen molar-refractivity contribution in [3.05, 3.63) is 18.4 Å². The fourth-order valence-electron chi connectivity index (χ4n) is 0.584. The molecular formula is C6H4ClI2NO. The predicted octanol–water partition coefficient (Wildman–Crippen LogP) is 2.95. The van der Waals surface area contributed by atoms with Gasteiger partial charge in [-0.05, 0) is 51.2 Å². The van der Waals surface area contributed by atoms with Crippen LogP contribution in [0.3, 0.4) is 0 Å². The summed E-state index contributed by atoms with van der Waals surface area (Å²) in [5, 5.41) is 0.465. The van der Waals surface area contributed by atoms with Gasteiger partial charge in [0.05, 0.1) is 10.7 Å². The van der Waals surface area contributed by atoms with E-state index >= 15 is 0 Å². The molecule has 0 bridgehead atoms. The minimum absolute atomic E-state index is 0.465. The van der Waals surface area contributed by atoms with Gasteiger partial charge < -0.3 is 4.74 Å². The normalized spacial score (nSPS) is 9.82. The Kier molecular flexibility index (Phi) is 3.63. The predicted molar refractivity (Wildman–Crippen MR) is 61.2 cm³/mol. The van der Waals surface area contributed by atoms with Crippen LogP contribution >= 0.6 is 56.8 Å². The SMILES string of the molecule is COc1nc(Cl)cc(I)c1I. The average Bonchev–Trinajstić information content (AvgIpc) is 1.96. The van der Waals surface area contributed by atoms with E-state index in [9.17, 15) is 0 Å². The van der Waals surface area contributed by atoms with Crippen LogP contribution in [-0.2, 0) is 0 Å². The van der Waals surface area contributed by atoms with Gasteiger partial charge in [0, 0.05) is 3.57 Å². The van der Waals surface area contributed by atoms with Crippen molar-refractivity contribution in [2.45, 2.75) is 0 Å². The lowest BCUT2D eigenvalue weighted by Crippen LogP contribution is -1.93. The Morgan fingerprint density at radius 1 is 1.55 bits per heavy atom. The Hall–Kier alpha value is 0.700. The third-order valence-electron chi connectivity index (χ3n) is 1.04. The largest absolute Gasteiger partial charge is 0.480 e. The van der Waals surface area contributed by atoms with Gasteiger partial charge in [-0.3, -0.25) is 0 Å². The molecule has 1 rings (SSSR count). The molecule has 0 aliphatic rings. The van der Waals surface area contributed by atoms with E-state index in [1.165, 1.54) is 0 Å². The highest BCUT2D eigenvalue weighted by molar-refractivity contribution is 14.1. The van der Waals surface area contributed by atoms with Crippen molar-refractivity contribution in [1.29, 1.82) is 0 Å². The topological polar surface area (TPSA) is 22.1 Å². The summed E-state index contributed by atoms with van der Waals surface area (Å²) in [7, 11) is 1.58. The Morgan fingerprint density at radius 3 is 2.73 bits per heavy atom. The van der Waals surface area contributed by atoms with Gasteiger partial charge in [-0.15, -0.1) is 0 Å². The molecule has 5 heteroatoms. The number of nitrogens with zero attached hydrogens (tertiary/aromatic N) is 1. The molecule has 0 aliphatic heterocycles. The Morgan fingerprint density at radius 2 is 2.18 bits per heavy atom. The summed E-state index contributed by atoms with van der Waals surface area (Å²) in [6.07, 6.45) is 0. The van der Waals surface area contributed by atoms with Gasteiger partial charge in [-0.1, -0.05) is 11.6 Å². The highest BCUT2D eigenvalue weighted by Crippen LogP contribution is 2.25. The summed E-state index contributed by atoms with van der Waals surface area (Å²) >= 11 is 10.1. The average molecular weight is 395 g/mol. The molecule has 0 spiro atoms. The zero-order valence-electron chi connectivity index (χ0n) is 5.57. The molecule has 11 heavy (non-hydrogen) atoms. The maximum Gasteiger partial charge on any atom is 0.229 e. The number of rotatable bonds is 1. The molecule has 1 aromatic heterocycles. The first-order valence-corrected chi connectivity index (χ1v) is 5.24. The zero-order valence-corrected chi connectivity index (χ0v) is 10.6. The molecule has 0 saturated heterocycles. The van der Waals surface area contributed by atoms with Crippen molar-refractivity contribution in [3.63, 3.8) is 0 Å². The molecule has 0 N–H and O–H groups in total. The van der Waals surface area contributed by atoms with Gasteiger partial charge in [0.25, 0.3) is 0 Å². The fourth-order valence-corrected chi connectivity index (χ4v) is 1.98. The molecule has 0 amide bonds. The molecule has 2 nitrogen and oxygen atoms in total. The van der Waals surface area contributed by atoms with E-state index in [-0.39, 0.29) is 0 Å². The van der Waals surface area contributed by atoms with Crippen LogP contribution < -0.4 is 4.74 Å². The number of aromatic nitrogens is 1. The van der Waals surface area contributed by atoms with Crippen molar-refractivity contribution in [2.24, 2.45) is 0 Å². The van der Waals surface area contributed by atoms with E-state index in [0.717, 1.165) is 7.14 Å². The molecule has 0 saturated carbocycles. The van der Waals surface area contributed by atoms with Crippen LogP contribution in [0.25, 0.3) is 0 Å². The molecule has 0 unspecified atom stereocenters. The van der Waals surface area contributed by atoms with Gasteiger partial charge >= 0.3 is 0 Å². The Labute approximate surface area is 97.0 Å². The molecule has 0 radical (unpaired) electrons. The summed E-state index contributed by atoms with van der Waals surface area (Å²) in [6, 6.07) is 1.80. The minimum atomic E-state index is 0.465. The van der Waals surface area contributed by atoms with Crippen molar-refractivity contribution in [2.75, 3.05) is 7.11 Å². The molecule has 1 heterocycles. The highest BCUT2D eigenvalue weighted by Gasteiger charge is 2.06. The quantitative estimate of drug-likeness (QED) is 0.539. The van der Waals surface area contributed by atoms with Crippen LogP contribution in [0.15, 0.2) is 6.07 Å². The summed E-state index contributed by atoms with van der Waals surface area (Å²) in [5.41, 5.74) is 0. The summed E-state index contributed by atoms with van der Waals surface area (Å²) in [4.78, 5) is 3.98. The first-order valence-electron chi connectivity index (χ1n) is 2.70. The third-order valence-corrected chi connectivity index (χ3v) is 4.16. The first kappa shape index (κ1) is 9.79. The number of hydrogen-bond donors (Lipinski definition) is 0. The lowest BCUT2D eigenvalue weighted by Gasteiger charge is -2.03. The molecule has 0 aromatic carbocycles. The smallest absolute Gasteiger partial charge is 0.229 e. The van der Waals surface area contributed by atoms with Crippen LogP contribution in [0, 0.1) is 7.14 Å². The fraction of sp³-hybridized carbons (Fsp3) is 0.167. The maximum atomic E-state index is 5.70. The summed E-state index contributed by atoms with van der Waals surface area (Å²) < 4.78 is 7.05. The Bertz CT molecular complexity index is 280. The van der Waals surface area contributed by atoms with E-state index in [1.807, 2.05) is 0 Å². The maximum absolute atomic E-state index is 5.70. The van der Waals surface area contributed by atoms with Crippen LogP contribution in [0.4, 0.5) is 0 Å². The first-order chi connectivity index (χ1) is 5.15. The van der Waals surface area contributed by atoms with Gasteiger partial charge in [-0.2, -0.15) is 0 Å². The van der Waals surface area contributed by atoms with Gasteiger partial charge in [0.15, 0.2) is 0 Å². The van der Waals surface area contributed by atoms with Crippen LogP contribution in [0.2, 0.25) is 5.15 Å². The lowest BCUT2D eigenvalue weighted by molar-refractivity contribution is 0.394. The lowest BCUT2D eigenvalue weighted by atomic mass is 10.5. The van der Waals surface area contributed by atoms with Crippen LogP contribution in [0.5, 0.6) is 5.88 Å². The van der Waals surface area contributed by atoms with E-state index in [4.69, 9.17) is 16.3 Å². The van der Waals surface area contributed by atoms with Gasteiger partial charge in [0.1, 0.15) is 5.15 Å². The molecule has 0 fully saturated rings. The van der Waals surface area contributed by atoms with Crippen molar-refractivity contribution < 1.29 is 4.74 Å². The van der Waals surface area contributed by atoms with Gasteiger partial charge in [-0.25, -0.2) is 4.98 Å². The standard InChI is InChI=1S/C6H4ClI2NO/c1-11-6-5(9)3(8)2-4(7)10-6/h2H,1H3. The monoisotopic (exact) mass is 395 g/mol. The van der Waals surface area contributed by atoms with E-state index in [2.05, 4.69) is 50.2 Å². The molecule has 60 valence electrons. The zero-order chi connectivity index (χ0) is 8.43. The molecule has 1 aromatic rings. The van der Waals surface area contributed by atoms with E-state index in [1.54, 1.807) is 13.2 Å². The number of methoxy groups -OCH3 is 1. The van der Waals surface area contributed by atoms with Crippen LogP contribution in [0.1, 0.15) is 0 Å². The third kappa shape index (κ3) is 2.32. The number of ether oxygens (including phenoxy) is 1. The van der Waals surface area contributed by atoms with E-state index in [0.29, 0.717) is 11.0 Å². The van der Waals surface area contributed by atoms with Gasteiger partial charge in [0.2, 0.25) is 5.88 Å². The second kappa shape index (κ2) is 4.08. The number of pyridine rings is 1. The highest BCUT2D eigenvalue weighted by atomic mass is 127. The van der Waals surface area contributed by atoms with Crippen molar-refractivity contribution in [1.82, 2.24) is 4.98 Å². The Balaban J connectivity index is 3.24. The minimum Gasteiger partial charge on any atom is -0.480 e. The van der Waals surface area contributed by atoms with E-state index < -0.39 is 0 Å². The summed E-state index contributed by atoms with van der Waals surface area (Å²) in [5.74, 6) is 0.586. The van der Waals surface area contributed by atoms with Crippen molar-refractivity contribution >= 4 is 56.8 Å².